The lowest BCUT2D eigenvalue weighted by Crippen LogP contribution is -2.39. The van der Waals surface area contributed by atoms with Gasteiger partial charge in [0, 0.05) is 6.29 Å². The standard InChI is InChI=1S/C5H9O5.C4H5N7/c6-1-2-3(7)4(8)5(9)10-2;5-2-1-3(10-11-9-1)8-4(6)7-2/h2-8H,1H2;(H5,5,6,7,8,9,10,11)/q-1;/t2-,3-,4-,5?;/m1./s1. The van der Waals surface area contributed by atoms with Crippen LogP contribution in [0.1, 0.15) is 0 Å². The molecule has 0 radical (unpaired) electrons. The van der Waals surface area contributed by atoms with Gasteiger partial charge >= 0.3 is 0 Å². The maximum atomic E-state index is 10.5. The molecule has 12 heteroatoms. The van der Waals surface area contributed by atoms with Gasteiger partial charge in [0.25, 0.3) is 0 Å². The maximum absolute atomic E-state index is 10.5. The molecule has 1 fully saturated rings. The Morgan fingerprint density at radius 1 is 1.19 bits per heavy atom. The van der Waals surface area contributed by atoms with Crippen LogP contribution >= 0.6 is 0 Å². The Labute approximate surface area is 117 Å². The van der Waals surface area contributed by atoms with Crippen molar-refractivity contribution in [3.63, 3.8) is 0 Å². The van der Waals surface area contributed by atoms with E-state index in [1.165, 1.54) is 0 Å². The number of nitrogens with zero attached hydrogens (tertiary/aromatic N) is 4. The number of hydrogen-bond donors (Lipinski definition) is 6. The second-order valence-electron chi connectivity index (χ2n) is 4.17. The van der Waals surface area contributed by atoms with Gasteiger partial charge in [-0.05, 0) is 0 Å². The van der Waals surface area contributed by atoms with Gasteiger partial charge in [-0.3, -0.25) is 0 Å². The smallest absolute Gasteiger partial charge is 0.224 e. The van der Waals surface area contributed by atoms with Gasteiger partial charge in [0.1, 0.15) is 12.2 Å². The quantitative estimate of drug-likeness (QED) is 0.296. The van der Waals surface area contributed by atoms with E-state index in [-0.39, 0.29) is 11.8 Å². The Kier molecular flexibility index (Phi) is 4.44. The summed E-state index contributed by atoms with van der Waals surface area (Å²) in [6, 6.07) is 0. The molecule has 12 nitrogen and oxygen atoms in total. The summed E-state index contributed by atoms with van der Waals surface area (Å²) in [5, 5.41) is 46.4. The molecule has 1 aliphatic heterocycles. The molecule has 0 amide bonds. The zero-order chi connectivity index (χ0) is 15.6. The molecule has 21 heavy (non-hydrogen) atoms. The van der Waals surface area contributed by atoms with E-state index in [1.54, 1.807) is 0 Å². The van der Waals surface area contributed by atoms with Gasteiger partial charge in [-0.1, -0.05) is 0 Å². The van der Waals surface area contributed by atoms with Crippen molar-refractivity contribution in [2.24, 2.45) is 0 Å². The van der Waals surface area contributed by atoms with Crippen molar-refractivity contribution in [1.29, 1.82) is 0 Å². The summed E-state index contributed by atoms with van der Waals surface area (Å²) < 4.78 is 4.43. The summed E-state index contributed by atoms with van der Waals surface area (Å²) in [5.74, 6) is 0.338. The van der Waals surface area contributed by atoms with Crippen LogP contribution in [-0.4, -0.2) is 71.9 Å². The molecule has 8 N–H and O–H groups in total. The lowest BCUT2D eigenvalue weighted by Gasteiger charge is -2.18. The van der Waals surface area contributed by atoms with Crippen molar-refractivity contribution in [1.82, 2.24) is 25.4 Å². The molecule has 4 atom stereocenters. The number of aliphatic hydroxyl groups is 3. The van der Waals surface area contributed by atoms with Crippen LogP contribution in [0.4, 0.5) is 11.8 Å². The Balaban J connectivity index is 0.000000155. The lowest BCUT2D eigenvalue weighted by atomic mass is 10.1. The summed E-state index contributed by atoms with van der Waals surface area (Å²) in [6.07, 6.45) is -5.24. The van der Waals surface area contributed by atoms with Gasteiger partial charge in [-0.2, -0.15) is 20.3 Å². The molecular formula is C9H14N7O5-. The van der Waals surface area contributed by atoms with Gasteiger partial charge < -0.3 is 36.6 Å². The number of nitrogens with one attached hydrogen (secondary N) is 1. The number of rotatable bonds is 1. The zero-order valence-corrected chi connectivity index (χ0v) is 10.6. The Morgan fingerprint density at radius 2 is 1.90 bits per heavy atom. The number of aliphatic hydroxyl groups excluding tert-OH is 3. The fraction of sp³-hybridized carbons (Fsp3) is 0.556. The van der Waals surface area contributed by atoms with Crippen LogP contribution in [0.5, 0.6) is 0 Å². The van der Waals surface area contributed by atoms with Gasteiger partial charge in [0.05, 0.1) is 12.7 Å². The van der Waals surface area contributed by atoms with Crippen molar-refractivity contribution >= 4 is 22.9 Å². The van der Waals surface area contributed by atoms with E-state index in [1.807, 2.05) is 0 Å². The minimum absolute atomic E-state index is 0.101. The molecule has 2 aromatic rings. The number of ether oxygens (including phenoxy) is 1. The minimum Gasteiger partial charge on any atom is -0.829 e. The molecule has 1 unspecified atom stereocenters. The lowest BCUT2D eigenvalue weighted by molar-refractivity contribution is -0.498. The molecular weight excluding hydrogens is 286 g/mol. The van der Waals surface area contributed by atoms with Crippen molar-refractivity contribution in [2.75, 3.05) is 18.1 Å². The molecule has 3 rings (SSSR count). The monoisotopic (exact) mass is 300 g/mol. The number of anilines is 2. The highest BCUT2D eigenvalue weighted by molar-refractivity contribution is 5.81. The highest BCUT2D eigenvalue weighted by atomic mass is 16.6. The average molecular weight is 300 g/mol. The maximum Gasteiger partial charge on any atom is 0.224 e. The Morgan fingerprint density at radius 3 is 2.43 bits per heavy atom. The zero-order valence-electron chi connectivity index (χ0n) is 10.6. The first-order chi connectivity index (χ1) is 9.93. The van der Waals surface area contributed by atoms with Crippen LogP contribution in [0.15, 0.2) is 0 Å². The van der Waals surface area contributed by atoms with E-state index in [9.17, 15) is 5.11 Å². The highest BCUT2D eigenvalue weighted by Gasteiger charge is 2.36. The summed E-state index contributed by atoms with van der Waals surface area (Å²) in [6.45, 7) is -0.447. The van der Waals surface area contributed by atoms with E-state index in [0.29, 0.717) is 11.2 Å². The number of nitrogen functional groups attached to an aromatic ring is 2. The molecule has 0 aliphatic carbocycles. The molecule has 1 saturated heterocycles. The van der Waals surface area contributed by atoms with Crippen molar-refractivity contribution in [3.05, 3.63) is 0 Å². The van der Waals surface area contributed by atoms with Crippen molar-refractivity contribution in [3.8, 4) is 0 Å². The van der Waals surface area contributed by atoms with E-state index in [2.05, 4.69) is 30.1 Å². The third-order valence-electron chi connectivity index (χ3n) is 2.73. The summed E-state index contributed by atoms with van der Waals surface area (Å²) >= 11 is 0. The first-order valence-electron chi connectivity index (χ1n) is 5.81. The number of aromatic nitrogens is 5. The van der Waals surface area contributed by atoms with E-state index in [0.717, 1.165) is 0 Å². The Hall–Kier alpha value is -2.12. The third-order valence-corrected chi connectivity index (χ3v) is 2.73. The van der Waals surface area contributed by atoms with Gasteiger partial charge in [0.2, 0.25) is 11.6 Å². The topological polar surface area (TPSA) is 212 Å². The van der Waals surface area contributed by atoms with E-state index in [4.69, 9.17) is 26.8 Å². The van der Waals surface area contributed by atoms with E-state index < -0.39 is 31.2 Å². The predicted octanol–water partition coefficient (Wildman–Crippen LogP) is -4.30. The molecule has 0 aromatic carbocycles. The molecule has 116 valence electrons. The van der Waals surface area contributed by atoms with Crippen LogP contribution in [0.3, 0.4) is 0 Å². The highest BCUT2D eigenvalue weighted by Crippen LogP contribution is 2.16. The van der Waals surface area contributed by atoms with Crippen LogP contribution in [0, 0.1) is 0 Å². The van der Waals surface area contributed by atoms with Crippen molar-refractivity contribution in [2.45, 2.75) is 24.6 Å². The van der Waals surface area contributed by atoms with Crippen LogP contribution in [0.25, 0.3) is 11.2 Å². The largest absolute Gasteiger partial charge is 0.829 e. The first kappa shape index (κ1) is 15.3. The van der Waals surface area contributed by atoms with Crippen molar-refractivity contribution < 1.29 is 25.2 Å². The molecule has 0 spiro atoms. The summed E-state index contributed by atoms with van der Waals surface area (Å²) in [7, 11) is 0. The van der Waals surface area contributed by atoms with Crippen LogP contribution < -0.4 is 16.6 Å². The normalized spacial score (nSPS) is 28.4. The van der Waals surface area contributed by atoms with Crippen LogP contribution in [-0.2, 0) is 4.74 Å². The Bertz CT molecular complexity index is 607. The van der Waals surface area contributed by atoms with E-state index >= 15 is 0 Å². The number of aromatic amines is 1. The first-order valence-corrected chi connectivity index (χ1v) is 5.81. The SMILES string of the molecule is Nc1nc(N)c2n[nH]nc2n1.[O-]C1O[C@H](CO)[C@@H](O)[C@H]1O. The van der Waals surface area contributed by atoms with Gasteiger partial charge in [0.15, 0.2) is 11.3 Å². The number of H-pyrrole nitrogens is 1. The molecule has 0 bridgehead atoms. The van der Waals surface area contributed by atoms with Gasteiger partial charge in [-0.15, -0.1) is 5.10 Å². The fourth-order valence-electron chi connectivity index (χ4n) is 1.65. The molecule has 2 aromatic heterocycles. The van der Waals surface area contributed by atoms with Crippen LogP contribution in [0.2, 0.25) is 0 Å². The second-order valence-corrected chi connectivity index (χ2v) is 4.17. The molecule has 1 aliphatic rings. The number of hydrogen-bond acceptors (Lipinski definition) is 11. The molecule has 3 heterocycles. The second kappa shape index (κ2) is 6.11. The molecule has 0 saturated carbocycles. The average Bonchev–Trinajstić information content (AvgIpc) is 3.00. The number of nitrogens with two attached hydrogens (primary N) is 2. The van der Waals surface area contributed by atoms with Gasteiger partial charge in [-0.25, -0.2) is 0 Å². The number of fused-ring (bicyclic) bond motifs is 1. The third kappa shape index (κ3) is 3.14. The fourth-order valence-corrected chi connectivity index (χ4v) is 1.65. The predicted molar refractivity (Wildman–Crippen MR) is 66.1 cm³/mol. The summed E-state index contributed by atoms with van der Waals surface area (Å²) in [5.41, 5.74) is 11.6. The summed E-state index contributed by atoms with van der Waals surface area (Å²) in [4.78, 5) is 7.47. The minimum atomic E-state index is -1.63.